The minimum atomic E-state index is -0.858. The van der Waals surface area contributed by atoms with Gasteiger partial charge in [0.25, 0.3) is 0 Å². The van der Waals surface area contributed by atoms with Crippen LogP contribution in [0.3, 0.4) is 0 Å². The van der Waals surface area contributed by atoms with Crippen molar-refractivity contribution in [2.45, 2.75) is 52.4 Å². The number of ether oxygens (including phenoxy) is 1. The van der Waals surface area contributed by atoms with Crippen molar-refractivity contribution in [2.75, 3.05) is 0 Å². The van der Waals surface area contributed by atoms with Crippen molar-refractivity contribution in [3.05, 3.63) is 35.9 Å². The van der Waals surface area contributed by atoms with Gasteiger partial charge < -0.3 is 15.2 Å². The number of rotatable bonds is 5. The second kappa shape index (κ2) is 8.03. The molecule has 126 valence electrons. The summed E-state index contributed by atoms with van der Waals surface area (Å²) in [7, 11) is 0. The fourth-order valence-corrected chi connectivity index (χ4v) is 2.36. The number of nitrogens with one attached hydrogen (secondary N) is 1. The van der Waals surface area contributed by atoms with Crippen LogP contribution in [-0.4, -0.2) is 22.8 Å². The third-order valence-corrected chi connectivity index (χ3v) is 3.46. The maximum atomic E-state index is 12.1. The molecule has 2 N–H and O–H groups in total. The van der Waals surface area contributed by atoms with Crippen molar-refractivity contribution < 1.29 is 14.6 Å². The van der Waals surface area contributed by atoms with E-state index in [1.807, 2.05) is 44.2 Å². The monoisotopic (exact) mass is 317 g/mol. The Morgan fingerprint density at radius 1 is 1.26 bits per heavy atom. The Hall–Kier alpha value is -1.99. The molecule has 1 amide bonds. The summed E-state index contributed by atoms with van der Waals surface area (Å²) in [6.45, 7) is 9.30. The van der Waals surface area contributed by atoms with Crippen LogP contribution in [0.15, 0.2) is 30.3 Å². The fourth-order valence-electron chi connectivity index (χ4n) is 2.36. The van der Waals surface area contributed by atoms with E-state index in [1.165, 1.54) is 0 Å². The van der Waals surface area contributed by atoms with E-state index in [1.54, 1.807) is 20.8 Å². The molecular weight excluding hydrogens is 290 g/mol. The second-order valence-electron chi connectivity index (χ2n) is 6.96. The Balaban J connectivity index is 2.93. The van der Waals surface area contributed by atoms with Gasteiger partial charge in [0, 0.05) is 0 Å². The van der Waals surface area contributed by atoms with E-state index in [0.29, 0.717) is 0 Å². The molecule has 3 atom stereocenters. The summed E-state index contributed by atoms with van der Waals surface area (Å²) in [5, 5.41) is 13.4. The Morgan fingerprint density at radius 3 is 2.26 bits per heavy atom. The number of carbonyl (C=O) groups excluding carboxylic acids is 1. The highest BCUT2D eigenvalue weighted by Crippen LogP contribution is 2.27. The van der Waals surface area contributed by atoms with Crippen molar-refractivity contribution in [1.29, 1.82) is 0 Å². The van der Waals surface area contributed by atoms with E-state index >= 15 is 0 Å². The molecule has 0 heterocycles. The molecule has 1 rings (SSSR count). The standard InChI is InChI=1S/C19H27NO3/c1-7-15(17(21)14-11-9-8-10-12-14)16(13(2)3)20-18(22)23-19(4,5)6/h1,8-13,15-17,21H,2-6H3,(H,20,22)/t15-,16-,17-/m0/s1. The molecule has 0 saturated carbocycles. The number of hydrogen-bond acceptors (Lipinski definition) is 3. The van der Waals surface area contributed by atoms with E-state index in [9.17, 15) is 9.90 Å². The molecule has 0 bridgehead atoms. The number of aliphatic hydroxyl groups is 1. The van der Waals surface area contributed by atoms with Gasteiger partial charge in [-0.05, 0) is 32.3 Å². The summed E-state index contributed by atoms with van der Waals surface area (Å²) >= 11 is 0. The van der Waals surface area contributed by atoms with Crippen molar-refractivity contribution >= 4 is 6.09 Å². The van der Waals surface area contributed by atoms with Crippen LogP contribution < -0.4 is 5.32 Å². The van der Waals surface area contributed by atoms with Crippen molar-refractivity contribution in [3.8, 4) is 12.3 Å². The molecule has 0 saturated heterocycles. The molecule has 4 heteroatoms. The summed E-state index contributed by atoms with van der Waals surface area (Å²) < 4.78 is 5.30. The molecule has 0 radical (unpaired) electrons. The maximum absolute atomic E-state index is 12.1. The summed E-state index contributed by atoms with van der Waals surface area (Å²) in [6.07, 6.45) is 4.26. The minimum Gasteiger partial charge on any atom is -0.444 e. The highest BCUT2D eigenvalue weighted by molar-refractivity contribution is 5.68. The van der Waals surface area contributed by atoms with Crippen LogP contribution in [0, 0.1) is 24.2 Å². The van der Waals surface area contributed by atoms with Gasteiger partial charge in [0.1, 0.15) is 5.60 Å². The molecule has 0 aliphatic rings. The van der Waals surface area contributed by atoms with Gasteiger partial charge in [-0.15, -0.1) is 6.42 Å². The molecule has 23 heavy (non-hydrogen) atoms. The quantitative estimate of drug-likeness (QED) is 0.817. The predicted octanol–water partition coefficient (Wildman–Crippen LogP) is 3.52. The second-order valence-corrected chi connectivity index (χ2v) is 6.96. The van der Waals surface area contributed by atoms with Crippen LogP contribution in [0.25, 0.3) is 0 Å². The number of carbonyl (C=O) groups is 1. The summed E-state index contributed by atoms with van der Waals surface area (Å²) in [5.41, 5.74) is 0.141. The first kappa shape index (κ1) is 19.1. The van der Waals surface area contributed by atoms with E-state index in [4.69, 9.17) is 11.2 Å². The first-order valence-corrected chi connectivity index (χ1v) is 7.84. The van der Waals surface area contributed by atoms with E-state index in [2.05, 4.69) is 11.2 Å². The third-order valence-electron chi connectivity index (χ3n) is 3.46. The van der Waals surface area contributed by atoms with Gasteiger partial charge in [-0.3, -0.25) is 0 Å². The fraction of sp³-hybridized carbons (Fsp3) is 0.526. The number of aliphatic hydroxyl groups excluding tert-OH is 1. The van der Waals surface area contributed by atoms with Gasteiger partial charge in [0.05, 0.1) is 18.1 Å². The normalized spacial score (nSPS) is 15.4. The Bertz CT molecular complexity index is 540. The van der Waals surface area contributed by atoms with Gasteiger partial charge in [-0.1, -0.05) is 50.1 Å². The lowest BCUT2D eigenvalue weighted by atomic mass is 9.84. The summed E-state index contributed by atoms with van der Waals surface area (Å²) in [6, 6.07) is 8.81. The van der Waals surface area contributed by atoms with Gasteiger partial charge in [0.15, 0.2) is 0 Å². The number of amides is 1. The van der Waals surface area contributed by atoms with Crippen LogP contribution in [-0.2, 0) is 4.74 Å². The Morgan fingerprint density at radius 2 is 1.83 bits per heavy atom. The molecule has 0 aliphatic carbocycles. The van der Waals surface area contributed by atoms with E-state index in [0.717, 1.165) is 5.56 Å². The minimum absolute atomic E-state index is 0.0435. The molecule has 0 aromatic heterocycles. The molecule has 0 fully saturated rings. The van der Waals surface area contributed by atoms with Gasteiger partial charge >= 0.3 is 6.09 Å². The van der Waals surface area contributed by atoms with Crippen LogP contribution in [0.2, 0.25) is 0 Å². The first-order chi connectivity index (χ1) is 10.7. The average molecular weight is 317 g/mol. The first-order valence-electron chi connectivity index (χ1n) is 7.84. The highest BCUT2D eigenvalue weighted by Gasteiger charge is 2.32. The number of hydrogen-bond donors (Lipinski definition) is 2. The van der Waals surface area contributed by atoms with Crippen LogP contribution in [0.4, 0.5) is 4.79 Å². The number of benzene rings is 1. The molecule has 4 nitrogen and oxygen atoms in total. The third kappa shape index (κ3) is 5.96. The van der Waals surface area contributed by atoms with Crippen molar-refractivity contribution in [2.24, 2.45) is 11.8 Å². The van der Waals surface area contributed by atoms with Crippen LogP contribution in [0.5, 0.6) is 0 Å². The zero-order chi connectivity index (χ0) is 17.6. The zero-order valence-corrected chi connectivity index (χ0v) is 14.5. The SMILES string of the molecule is C#C[C@H]([C@@H](O)c1ccccc1)[C@@H](NC(=O)OC(C)(C)C)C(C)C. The predicted molar refractivity (Wildman–Crippen MR) is 91.7 cm³/mol. The number of terminal acetylenes is 1. The molecule has 0 unspecified atom stereocenters. The highest BCUT2D eigenvalue weighted by atomic mass is 16.6. The summed E-state index contributed by atoms with van der Waals surface area (Å²) in [4.78, 5) is 12.1. The van der Waals surface area contributed by atoms with Crippen LogP contribution in [0.1, 0.15) is 46.3 Å². The van der Waals surface area contributed by atoms with Crippen molar-refractivity contribution in [1.82, 2.24) is 5.32 Å². The molecule has 1 aromatic carbocycles. The summed E-state index contributed by atoms with van der Waals surface area (Å²) in [5.74, 6) is 2.12. The van der Waals surface area contributed by atoms with Gasteiger partial charge in [0.2, 0.25) is 0 Å². The lowest BCUT2D eigenvalue weighted by molar-refractivity contribution is 0.0417. The van der Waals surface area contributed by atoms with Gasteiger partial charge in [-0.25, -0.2) is 4.79 Å². The zero-order valence-electron chi connectivity index (χ0n) is 14.5. The molecular formula is C19H27NO3. The molecule has 0 aliphatic heterocycles. The van der Waals surface area contributed by atoms with Crippen LogP contribution >= 0.6 is 0 Å². The smallest absolute Gasteiger partial charge is 0.407 e. The molecule has 1 aromatic rings. The van der Waals surface area contributed by atoms with E-state index in [-0.39, 0.29) is 5.92 Å². The maximum Gasteiger partial charge on any atom is 0.407 e. The van der Waals surface area contributed by atoms with E-state index < -0.39 is 29.8 Å². The Kier molecular flexibility index (Phi) is 6.65. The topological polar surface area (TPSA) is 58.6 Å². The Labute approximate surface area is 139 Å². The average Bonchev–Trinajstić information content (AvgIpc) is 2.45. The number of alkyl carbamates (subject to hydrolysis) is 1. The lowest BCUT2D eigenvalue weighted by Gasteiger charge is -2.32. The van der Waals surface area contributed by atoms with Crippen molar-refractivity contribution in [3.63, 3.8) is 0 Å². The largest absolute Gasteiger partial charge is 0.444 e. The molecule has 0 spiro atoms. The van der Waals surface area contributed by atoms with Gasteiger partial charge in [-0.2, -0.15) is 0 Å². The lowest BCUT2D eigenvalue weighted by Crippen LogP contribution is -2.47.